The Morgan fingerprint density at radius 3 is 2.50 bits per heavy atom. The quantitative estimate of drug-likeness (QED) is 0.321. The van der Waals surface area contributed by atoms with Crippen molar-refractivity contribution < 1.29 is 19.1 Å². The number of nitrogens with zero attached hydrogens (tertiary/aromatic N) is 2. The zero-order chi connectivity index (χ0) is 23.5. The maximum absolute atomic E-state index is 13.2. The molecule has 1 aliphatic heterocycles. The monoisotopic (exact) mass is 457 g/mol. The van der Waals surface area contributed by atoms with Gasteiger partial charge in [0.05, 0.1) is 6.61 Å². The molecule has 2 fully saturated rings. The maximum atomic E-state index is 13.2. The van der Waals surface area contributed by atoms with Crippen LogP contribution in [0.5, 0.6) is 5.75 Å². The molecule has 2 aromatic carbocycles. The van der Waals surface area contributed by atoms with Crippen LogP contribution in [0.15, 0.2) is 66.4 Å². The number of hydrogen-bond donors (Lipinski definition) is 1. The molecule has 1 saturated carbocycles. The molecule has 1 aromatic heterocycles. The third-order valence-electron chi connectivity index (χ3n) is 6.50. The van der Waals surface area contributed by atoms with Crippen LogP contribution in [0.3, 0.4) is 0 Å². The summed E-state index contributed by atoms with van der Waals surface area (Å²) in [6.07, 6.45) is 7.90. The molecule has 2 heterocycles. The molecule has 3 aromatic rings. The number of carbonyl (C=O) groups excluding carboxylic acids is 3. The van der Waals surface area contributed by atoms with Gasteiger partial charge in [0.1, 0.15) is 11.3 Å². The Balaban J connectivity index is 1.38. The summed E-state index contributed by atoms with van der Waals surface area (Å²) in [5, 5.41) is 3.30. The molecule has 0 spiro atoms. The number of amides is 4. The summed E-state index contributed by atoms with van der Waals surface area (Å²) in [4.78, 5) is 39.4. The fourth-order valence-electron chi connectivity index (χ4n) is 4.84. The van der Waals surface area contributed by atoms with Gasteiger partial charge < -0.3 is 9.30 Å². The van der Waals surface area contributed by atoms with Crippen molar-refractivity contribution in [3.05, 3.63) is 71.9 Å². The van der Waals surface area contributed by atoms with Gasteiger partial charge in [-0.05, 0) is 43.5 Å². The van der Waals surface area contributed by atoms with Gasteiger partial charge in [0.2, 0.25) is 0 Å². The number of nitrogens with one attached hydrogen (secondary N) is 1. The van der Waals surface area contributed by atoms with Gasteiger partial charge in [-0.15, -0.1) is 0 Å². The van der Waals surface area contributed by atoms with Crippen molar-refractivity contribution >= 4 is 34.8 Å². The van der Waals surface area contributed by atoms with Crippen molar-refractivity contribution in [1.82, 2.24) is 14.8 Å². The van der Waals surface area contributed by atoms with Crippen LogP contribution < -0.4 is 10.1 Å². The van der Waals surface area contributed by atoms with Gasteiger partial charge in [0.25, 0.3) is 11.8 Å². The lowest BCUT2D eigenvalue weighted by molar-refractivity contribution is -0.131. The molecule has 7 heteroatoms. The van der Waals surface area contributed by atoms with Crippen LogP contribution >= 0.6 is 0 Å². The van der Waals surface area contributed by atoms with Crippen molar-refractivity contribution in [2.24, 2.45) is 0 Å². The Morgan fingerprint density at radius 1 is 0.971 bits per heavy atom. The molecule has 174 valence electrons. The number of aromatic nitrogens is 1. The first-order valence-electron chi connectivity index (χ1n) is 11.8. The smallest absolute Gasteiger partial charge is 0.331 e. The second-order valence-corrected chi connectivity index (χ2v) is 8.74. The summed E-state index contributed by atoms with van der Waals surface area (Å²) in [7, 11) is 0. The number of aryl methyl sites for hydroxylation is 1. The van der Waals surface area contributed by atoms with Gasteiger partial charge >= 0.3 is 6.03 Å². The highest BCUT2D eigenvalue weighted by molar-refractivity contribution is 6.31. The third kappa shape index (κ3) is 4.33. The highest BCUT2D eigenvalue weighted by Gasteiger charge is 2.40. The normalized spacial score (nSPS) is 18.2. The zero-order valence-electron chi connectivity index (χ0n) is 18.9. The molecule has 5 rings (SSSR count). The summed E-state index contributed by atoms with van der Waals surface area (Å²) >= 11 is 0. The molecule has 0 radical (unpaired) electrons. The number of benzene rings is 2. The average molecular weight is 458 g/mol. The molecule has 0 unspecified atom stereocenters. The van der Waals surface area contributed by atoms with E-state index in [9.17, 15) is 14.4 Å². The summed E-state index contributed by atoms with van der Waals surface area (Å²) in [6.45, 7) is 1.30. The number of ether oxygens (including phenoxy) is 1. The minimum Gasteiger partial charge on any atom is -0.494 e. The first-order valence-corrected chi connectivity index (χ1v) is 11.8. The van der Waals surface area contributed by atoms with Gasteiger partial charge in [-0.25, -0.2) is 4.79 Å². The number of rotatable bonds is 7. The van der Waals surface area contributed by atoms with E-state index in [-0.39, 0.29) is 11.6 Å². The summed E-state index contributed by atoms with van der Waals surface area (Å²) in [6, 6.07) is 16.8. The van der Waals surface area contributed by atoms with Crippen LogP contribution in [0.4, 0.5) is 4.79 Å². The summed E-state index contributed by atoms with van der Waals surface area (Å²) < 4.78 is 7.92. The van der Waals surface area contributed by atoms with E-state index in [1.165, 1.54) is 4.90 Å². The fourth-order valence-corrected chi connectivity index (χ4v) is 4.84. The van der Waals surface area contributed by atoms with E-state index in [4.69, 9.17) is 4.74 Å². The number of imide groups is 2. The van der Waals surface area contributed by atoms with Crippen LogP contribution in [0.1, 0.15) is 37.7 Å². The van der Waals surface area contributed by atoms with Gasteiger partial charge in [-0.2, -0.15) is 0 Å². The number of fused-ring (bicyclic) bond motifs is 1. The van der Waals surface area contributed by atoms with Crippen LogP contribution in [-0.4, -0.2) is 40.0 Å². The Hall–Kier alpha value is -3.87. The second-order valence-electron chi connectivity index (χ2n) is 8.74. The first-order chi connectivity index (χ1) is 16.6. The van der Waals surface area contributed by atoms with Crippen LogP contribution in [0, 0.1) is 0 Å². The average Bonchev–Trinajstić information content (AvgIpc) is 3.49. The zero-order valence-corrected chi connectivity index (χ0v) is 18.9. The van der Waals surface area contributed by atoms with Crippen LogP contribution in [0.2, 0.25) is 0 Å². The molecule has 1 aliphatic carbocycles. The molecule has 7 nitrogen and oxygen atoms in total. The van der Waals surface area contributed by atoms with Crippen molar-refractivity contribution in [3.8, 4) is 5.75 Å². The lowest BCUT2D eigenvalue weighted by atomic mass is 10.0. The summed E-state index contributed by atoms with van der Waals surface area (Å²) in [5.41, 5.74) is 1.79. The lowest BCUT2D eigenvalue weighted by Crippen LogP contribution is -2.57. The van der Waals surface area contributed by atoms with E-state index in [0.717, 1.165) is 60.9 Å². The SMILES string of the molecule is O=C1NC(=O)N(C2CCCC2)C(=O)/C1=C\c1cn(CCCOc2ccccc2)c2ccccc12. The molecule has 0 atom stereocenters. The van der Waals surface area contributed by atoms with E-state index in [0.29, 0.717) is 6.61 Å². The molecular weight excluding hydrogens is 430 g/mol. The van der Waals surface area contributed by atoms with Crippen molar-refractivity contribution in [2.45, 2.75) is 44.7 Å². The van der Waals surface area contributed by atoms with Gasteiger partial charge in [-0.3, -0.25) is 19.8 Å². The molecule has 1 saturated heterocycles. The molecule has 4 amide bonds. The lowest BCUT2D eigenvalue weighted by Gasteiger charge is -2.31. The van der Waals surface area contributed by atoms with Gasteiger partial charge in [-0.1, -0.05) is 49.2 Å². The predicted molar refractivity (Wildman–Crippen MR) is 129 cm³/mol. The highest BCUT2D eigenvalue weighted by atomic mass is 16.5. The largest absolute Gasteiger partial charge is 0.494 e. The molecule has 0 bridgehead atoms. The fraction of sp³-hybridized carbons (Fsp3) is 0.296. The summed E-state index contributed by atoms with van der Waals surface area (Å²) in [5.74, 6) is -0.306. The molecular formula is C27H27N3O4. The Labute approximate surface area is 198 Å². The van der Waals surface area contributed by atoms with Crippen molar-refractivity contribution in [3.63, 3.8) is 0 Å². The molecule has 34 heavy (non-hydrogen) atoms. The minimum absolute atomic E-state index is 0.00168. The topological polar surface area (TPSA) is 80.6 Å². The number of urea groups is 1. The Morgan fingerprint density at radius 2 is 1.71 bits per heavy atom. The number of carbonyl (C=O) groups is 3. The predicted octanol–water partition coefficient (Wildman–Crippen LogP) is 4.51. The number of barbiturate groups is 1. The number of hydrogen-bond acceptors (Lipinski definition) is 4. The van der Waals surface area contributed by atoms with E-state index in [1.54, 1.807) is 6.08 Å². The van der Waals surface area contributed by atoms with E-state index < -0.39 is 17.8 Å². The second kappa shape index (κ2) is 9.55. The van der Waals surface area contributed by atoms with E-state index in [1.807, 2.05) is 60.8 Å². The first kappa shape index (κ1) is 21.9. The van der Waals surface area contributed by atoms with Gasteiger partial charge in [0.15, 0.2) is 0 Å². The maximum Gasteiger partial charge on any atom is 0.331 e. The number of para-hydroxylation sites is 2. The van der Waals surface area contributed by atoms with Crippen molar-refractivity contribution in [1.29, 1.82) is 0 Å². The van der Waals surface area contributed by atoms with Crippen molar-refractivity contribution in [2.75, 3.05) is 6.61 Å². The van der Waals surface area contributed by atoms with Crippen LogP contribution in [0.25, 0.3) is 17.0 Å². The van der Waals surface area contributed by atoms with E-state index in [2.05, 4.69) is 9.88 Å². The van der Waals surface area contributed by atoms with Crippen LogP contribution in [-0.2, 0) is 16.1 Å². The Bertz CT molecular complexity index is 1260. The van der Waals surface area contributed by atoms with E-state index >= 15 is 0 Å². The molecule has 2 aliphatic rings. The third-order valence-corrected chi connectivity index (χ3v) is 6.50. The highest BCUT2D eigenvalue weighted by Crippen LogP contribution is 2.29. The Kier molecular flexibility index (Phi) is 6.16. The van der Waals surface area contributed by atoms with Gasteiger partial charge in [0, 0.05) is 35.2 Å². The minimum atomic E-state index is -0.641. The molecule has 1 N–H and O–H groups in total. The standard InChI is InChI=1S/C27H27N3O4/c31-25-23(26(32)30(27(33)28-25)20-9-4-5-10-20)17-19-18-29(24-14-7-6-13-22(19)24)15-8-16-34-21-11-2-1-3-12-21/h1-3,6-7,11-14,17-18,20H,4-5,8-10,15-16H2,(H,28,31,33)/b23-17-.